The van der Waals surface area contributed by atoms with E-state index in [0.717, 1.165) is 18.4 Å². The molecule has 1 atom stereocenters. The Bertz CT molecular complexity index is 901. The molecule has 3 amide bonds. The van der Waals surface area contributed by atoms with Gasteiger partial charge in [0.25, 0.3) is 5.91 Å². The average molecular weight is 434 g/mol. The number of halogens is 2. The fourth-order valence-corrected chi connectivity index (χ4v) is 3.45. The maximum absolute atomic E-state index is 12.3. The largest absolute Gasteiger partial charge is 0.347 e. The van der Waals surface area contributed by atoms with Gasteiger partial charge in [-0.1, -0.05) is 53.5 Å². The quantitative estimate of drug-likeness (QED) is 0.597. The van der Waals surface area contributed by atoms with Gasteiger partial charge in [-0.15, -0.1) is 0 Å². The number of carbonyl (C=O) groups is 3. The molecular weight excluding hydrogens is 413 g/mol. The maximum Gasteiger partial charge on any atom is 0.253 e. The smallest absolute Gasteiger partial charge is 0.253 e. The van der Waals surface area contributed by atoms with Crippen LogP contribution in [0.25, 0.3) is 0 Å². The van der Waals surface area contributed by atoms with Crippen LogP contribution in [0.2, 0.25) is 10.0 Å². The lowest BCUT2D eigenvalue weighted by molar-refractivity contribution is -0.126. The molecule has 3 rings (SSSR count). The average Bonchev–Trinajstić information content (AvgIpc) is 3.54. The van der Waals surface area contributed by atoms with Crippen molar-refractivity contribution in [2.45, 2.75) is 18.9 Å². The van der Waals surface area contributed by atoms with Crippen molar-refractivity contribution in [1.82, 2.24) is 16.0 Å². The first kappa shape index (κ1) is 21.1. The third-order valence-corrected chi connectivity index (χ3v) is 5.15. The molecule has 0 radical (unpaired) electrons. The molecule has 0 aromatic heterocycles. The fourth-order valence-electron chi connectivity index (χ4n) is 2.96. The van der Waals surface area contributed by atoms with Crippen molar-refractivity contribution < 1.29 is 14.4 Å². The molecule has 0 aliphatic heterocycles. The number of amides is 3. The van der Waals surface area contributed by atoms with E-state index in [2.05, 4.69) is 16.0 Å². The summed E-state index contributed by atoms with van der Waals surface area (Å²) in [6, 6.07) is 14.2. The molecule has 1 saturated carbocycles. The molecule has 0 spiro atoms. The number of hydrogen-bond donors (Lipinski definition) is 3. The first-order valence-corrected chi connectivity index (χ1v) is 10.0. The summed E-state index contributed by atoms with van der Waals surface area (Å²) in [6.07, 6.45) is 2.15. The highest BCUT2D eigenvalue weighted by molar-refractivity contribution is 6.36. The predicted molar refractivity (Wildman–Crippen MR) is 112 cm³/mol. The van der Waals surface area contributed by atoms with Gasteiger partial charge in [-0.2, -0.15) is 0 Å². The van der Waals surface area contributed by atoms with E-state index in [1.165, 1.54) is 18.2 Å². The van der Waals surface area contributed by atoms with E-state index in [1.54, 1.807) is 0 Å². The Morgan fingerprint density at radius 1 is 0.931 bits per heavy atom. The van der Waals surface area contributed by atoms with Crippen LogP contribution >= 0.6 is 23.2 Å². The van der Waals surface area contributed by atoms with Gasteiger partial charge in [0.2, 0.25) is 11.8 Å². The molecule has 2 aromatic rings. The van der Waals surface area contributed by atoms with Crippen molar-refractivity contribution in [3.8, 4) is 0 Å². The van der Waals surface area contributed by atoms with E-state index in [1.807, 2.05) is 30.3 Å². The Labute approximate surface area is 179 Å². The second kappa shape index (κ2) is 9.76. The van der Waals surface area contributed by atoms with Crippen LogP contribution in [-0.4, -0.2) is 30.8 Å². The molecule has 3 N–H and O–H groups in total. The summed E-state index contributed by atoms with van der Waals surface area (Å²) in [7, 11) is 0. The van der Waals surface area contributed by atoms with Crippen molar-refractivity contribution in [1.29, 1.82) is 0 Å². The number of carbonyl (C=O) groups excluding carboxylic acids is 3. The lowest BCUT2D eigenvalue weighted by atomic mass is 10.0. The summed E-state index contributed by atoms with van der Waals surface area (Å²) in [4.78, 5) is 36.3. The number of hydrogen-bond acceptors (Lipinski definition) is 3. The molecule has 0 heterocycles. The standard InChI is InChI=1S/C21H21Cl2N3O3/c22-15-8-9-16(17(23)10-15)21(29)25-11-18(27)24-12-19(28)26-20(14-6-7-14)13-4-2-1-3-5-13/h1-5,8-10,14,20H,6-7,11-12H2,(H,24,27)(H,25,29)(H,26,28). The van der Waals surface area contributed by atoms with Gasteiger partial charge in [-0.3, -0.25) is 14.4 Å². The number of nitrogens with one attached hydrogen (secondary N) is 3. The molecule has 1 aliphatic rings. The Hall–Kier alpha value is -2.57. The van der Waals surface area contributed by atoms with E-state index in [0.29, 0.717) is 10.9 Å². The molecule has 8 heteroatoms. The van der Waals surface area contributed by atoms with Crippen LogP contribution in [0.4, 0.5) is 0 Å². The summed E-state index contributed by atoms with van der Waals surface area (Å²) in [5.74, 6) is -0.808. The van der Waals surface area contributed by atoms with Crippen LogP contribution in [0, 0.1) is 5.92 Å². The molecule has 152 valence electrons. The zero-order chi connectivity index (χ0) is 20.8. The van der Waals surface area contributed by atoms with Crippen LogP contribution in [0.3, 0.4) is 0 Å². The number of benzene rings is 2. The second-order valence-electron chi connectivity index (χ2n) is 6.88. The molecule has 2 aromatic carbocycles. The summed E-state index contributed by atoms with van der Waals surface area (Å²) < 4.78 is 0. The van der Waals surface area contributed by atoms with E-state index < -0.39 is 11.8 Å². The first-order chi connectivity index (χ1) is 13.9. The van der Waals surface area contributed by atoms with E-state index in [9.17, 15) is 14.4 Å². The lowest BCUT2D eigenvalue weighted by Crippen LogP contribution is -2.43. The summed E-state index contributed by atoms with van der Waals surface area (Å²) >= 11 is 11.8. The highest BCUT2D eigenvalue weighted by Gasteiger charge is 2.33. The van der Waals surface area contributed by atoms with Gasteiger partial charge in [-0.25, -0.2) is 0 Å². The SMILES string of the molecule is O=C(CNC(=O)c1ccc(Cl)cc1Cl)NCC(=O)NC(c1ccccc1)C1CC1. The highest BCUT2D eigenvalue weighted by Crippen LogP contribution is 2.40. The first-order valence-electron chi connectivity index (χ1n) is 9.28. The highest BCUT2D eigenvalue weighted by atomic mass is 35.5. The third-order valence-electron chi connectivity index (χ3n) is 4.60. The van der Waals surface area contributed by atoms with E-state index in [4.69, 9.17) is 23.2 Å². The monoisotopic (exact) mass is 433 g/mol. The van der Waals surface area contributed by atoms with Crippen molar-refractivity contribution >= 4 is 40.9 Å². The second-order valence-corrected chi connectivity index (χ2v) is 7.72. The van der Waals surface area contributed by atoms with Gasteiger partial charge in [-0.05, 0) is 42.5 Å². The molecule has 1 aliphatic carbocycles. The Balaban J connectivity index is 1.44. The molecular formula is C21H21Cl2N3O3. The molecule has 0 bridgehead atoms. The fraction of sp³-hybridized carbons (Fsp3) is 0.286. The van der Waals surface area contributed by atoms with Crippen LogP contribution in [0.5, 0.6) is 0 Å². The van der Waals surface area contributed by atoms with E-state index >= 15 is 0 Å². The van der Waals surface area contributed by atoms with Gasteiger partial charge < -0.3 is 16.0 Å². The van der Waals surface area contributed by atoms with Crippen LogP contribution in [-0.2, 0) is 9.59 Å². The van der Waals surface area contributed by atoms with Crippen molar-refractivity contribution in [2.75, 3.05) is 13.1 Å². The minimum atomic E-state index is -0.496. The minimum absolute atomic E-state index is 0.0487. The minimum Gasteiger partial charge on any atom is -0.347 e. The zero-order valence-electron chi connectivity index (χ0n) is 15.6. The van der Waals surface area contributed by atoms with Crippen molar-refractivity contribution in [3.05, 3.63) is 69.7 Å². The van der Waals surface area contributed by atoms with Gasteiger partial charge in [0.05, 0.1) is 29.7 Å². The molecule has 6 nitrogen and oxygen atoms in total. The predicted octanol–water partition coefficient (Wildman–Crippen LogP) is 3.11. The molecule has 0 saturated heterocycles. The molecule has 1 unspecified atom stereocenters. The van der Waals surface area contributed by atoms with Crippen LogP contribution in [0.1, 0.15) is 34.8 Å². The lowest BCUT2D eigenvalue weighted by Gasteiger charge is -2.19. The summed E-state index contributed by atoms with van der Waals surface area (Å²) in [6.45, 7) is -0.428. The van der Waals surface area contributed by atoms with E-state index in [-0.39, 0.29) is 35.6 Å². The maximum atomic E-state index is 12.3. The Morgan fingerprint density at radius 2 is 1.62 bits per heavy atom. The van der Waals surface area contributed by atoms with Gasteiger partial charge in [0, 0.05) is 5.02 Å². The van der Waals surface area contributed by atoms with Crippen molar-refractivity contribution in [2.24, 2.45) is 5.92 Å². The topological polar surface area (TPSA) is 87.3 Å². The molecule has 1 fully saturated rings. The van der Waals surface area contributed by atoms with Gasteiger partial charge in [0.1, 0.15) is 0 Å². The normalized spacial score (nSPS) is 14.0. The summed E-state index contributed by atoms with van der Waals surface area (Å²) in [5.41, 5.74) is 1.28. The van der Waals surface area contributed by atoms with Gasteiger partial charge in [0.15, 0.2) is 0 Å². The zero-order valence-corrected chi connectivity index (χ0v) is 17.1. The third kappa shape index (κ3) is 6.21. The Kier molecular flexibility index (Phi) is 7.12. The molecule has 29 heavy (non-hydrogen) atoms. The number of rotatable bonds is 8. The van der Waals surface area contributed by atoms with Crippen LogP contribution < -0.4 is 16.0 Å². The van der Waals surface area contributed by atoms with Crippen molar-refractivity contribution in [3.63, 3.8) is 0 Å². The van der Waals surface area contributed by atoms with Gasteiger partial charge >= 0.3 is 0 Å². The summed E-state index contributed by atoms with van der Waals surface area (Å²) in [5, 5.41) is 8.57. The Morgan fingerprint density at radius 3 is 2.28 bits per heavy atom. The van der Waals surface area contributed by atoms with Crippen LogP contribution in [0.15, 0.2) is 48.5 Å².